The molecule has 0 aromatic carbocycles. The Bertz CT molecular complexity index is 545. The van der Waals surface area contributed by atoms with E-state index in [0.29, 0.717) is 19.5 Å². The molecule has 0 spiro atoms. The molecule has 0 aromatic heterocycles. The maximum Gasteiger partial charge on any atom is 0.410 e. The molecule has 1 fully saturated rings. The van der Waals surface area contributed by atoms with Crippen LogP contribution in [0.15, 0.2) is 0 Å². The van der Waals surface area contributed by atoms with Gasteiger partial charge in [-0.25, -0.2) is 13.2 Å². The van der Waals surface area contributed by atoms with Crippen LogP contribution < -0.4 is 0 Å². The van der Waals surface area contributed by atoms with E-state index < -0.39 is 15.6 Å². The highest BCUT2D eigenvalue weighted by atomic mass is 32.2. The molecule has 0 aliphatic carbocycles. The van der Waals surface area contributed by atoms with Crippen molar-refractivity contribution in [2.24, 2.45) is 5.92 Å². The fraction of sp³-hybridized carbons (Fsp3) is 0.812. The lowest BCUT2D eigenvalue weighted by molar-refractivity contribution is 0.0164. The fourth-order valence-corrected chi connectivity index (χ4v) is 3.71. The molecular formula is C16H28N2O4S. The SMILES string of the molecule is C#CCN(C)S(=O)(=O)CCC1CCCN(C(=O)OC(C)(C)C)C1. The molecule has 1 amide bonds. The molecule has 132 valence electrons. The maximum absolute atomic E-state index is 12.1. The van der Waals surface area contributed by atoms with Gasteiger partial charge in [0.2, 0.25) is 10.0 Å². The van der Waals surface area contributed by atoms with Gasteiger partial charge in [-0.1, -0.05) is 5.92 Å². The number of carbonyl (C=O) groups is 1. The molecule has 1 unspecified atom stereocenters. The second-order valence-corrected chi connectivity index (χ2v) is 9.19. The Hall–Kier alpha value is -1.26. The zero-order valence-corrected chi connectivity index (χ0v) is 15.4. The molecule has 1 aliphatic rings. The highest BCUT2D eigenvalue weighted by Gasteiger charge is 2.28. The van der Waals surface area contributed by atoms with Crippen LogP contribution in [0.4, 0.5) is 4.79 Å². The van der Waals surface area contributed by atoms with Gasteiger partial charge in [0.25, 0.3) is 0 Å². The zero-order chi connectivity index (χ0) is 17.7. The number of nitrogens with zero attached hydrogens (tertiary/aromatic N) is 2. The molecule has 1 heterocycles. The van der Waals surface area contributed by atoms with Gasteiger partial charge in [-0.15, -0.1) is 6.42 Å². The Morgan fingerprint density at radius 3 is 2.65 bits per heavy atom. The van der Waals surface area contributed by atoms with E-state index in [9.17, 15) is 13.2 Å². The molecule has 0 N–H and O–H groups in total. The topological polar surface area (TPSA) is 66.9 Å². The Kier molecular flexibility index (Phi) is 6.90. The summed E-state index contributed by atoms with van der Waals surface area (Å²) in [6.45, 7) is 6.79. The van der Waals surface area contributed by atoms with Gasteiger partial charge in [0, 0.05) is 20.1 Å². The molecule has 0 aromatic rings. The van der Waals surface area contributed by atoms with Crippen LogP contribution in [-0.4, -0.2) is 61.8 Å². The summed E-state index contributed by atoms with van der Waals surface area (Å²) < 4.78 is 30.8. The molecule has 0 bridgehead atoms. The molecule has 6 nitrogen and oxygen atoms in total. The lowest BCUT2D eigenvalue weighted by atomic mass is 9.96. The first kappa shape index (κ1) is 19.8. The molecule has 1 saturated heterocycles. The molecule has 7 heteroatoms. The van der Waals surface area contributed by atoms with Crippen LogP contribution in [0.5, 0.6) is 0 Å². The number of carbonyl (C=O) groups excluding carboxylic acids is 1. The van der Waals surface area contributed by atoms with Crippen molar-refractivity contribution >= 4 is 16.1 Å². The Labute approximate surface area is 140 Å². The number of amides is 1. The largest absolute Gasteiger partial charge is 0.444 e. The number of ether oxygens (including phenoxy) is 1. The predicted octanol–water partition coefficient (Wildman–Crippen LogP) is 1.92. The standard InChI is InChI=1S/C16H28N2O4S/c1-6-10-17(5)23(20,21)12-9-14-8-7-11-18(13-14)15(19)22-16(2,3)4/h1,14H,7-13H2,2-5H3. The summed E-state index contributed by atoms with van der Waals surface area (Å²) in [5.41, 5.74) is -0.523. The Balaban J connectivity index is 2.53. The number of rotatable bonds is 5. The number of hydrogen-bond donors (Lipinski definition) is 0. The smallest absolute Gasteiger partial charge is 0.410 e. The average molecular weight is 344 g/mol. The van der Waals surface area contributed by atoms with E-state index in [1.165, 1.54) is 11.4 Å². The number of sulfonamides is 1. The van der Waals surface area contributed by atoms with E-state index in [0.717, 1.165) is 12.8 Å². The van der Waals surface area contributed by atoms with Crippen molar-refractivity contribution in [1.82, 2.24) is 9.21 Å². The number of piperidine rings is 1. The summed E-state index contributed by atoms with van der Waals surface area (Å²) in [5, 5.41) is 0. The summed E-state index contributed by atoms with van der Waals surface area (Å²) in [5.74, 6) is 2.56. The quantitative estimate of drug-likeness (QED) is 0.715. The van der Waals surface area contributed by atoms with E-state index >= 15 is 0 Å². The fourth-order valence-electron chi connectivity index (χ4n) is 2.49. The van der Waals surface area contributed by atoms with E-state index in [2.05, 4.69) is 5.92 Å². The number of hydrogen-bond acceptors (Lipinski definition) is 4. The van der Waals surface area contributed by atoms with Gasteiger partial charge in [-0.2, -0.15) is 4.31 Å². The van der Waals surface area contributed by atoms with Gasteiger partial charge < -0.3 is 9.64 Å². The van der Waals surface area contributed by atoms with Crippen molar-refractivity contribution in [1.29, 1.82) is 0 Å². The first-order valence-electron chi connectivity index (χ1n) is 7.90. The molecule has 1 rings (SSSR count). The molecule has 1 aliphatic heterocycles. The van der Waals surface area contributed by atoms with E-state index in [4.69, 9.17) is 11.2 Å². The first-order valence-corrected chi connectivity index (χ1v) is 9.51. The van der Waals surface area contributed by atoms with Crippen molar-refractivity contribution in [2.75, 3.05) is 32.4 Å². The highest BCUT2D eigenvalue weighted by Crippen LogP contribution is 2.22. The second kappa shape index (κ2) is 8.02. The van der Waals surface area contributed by atoms with Gasteiger partial charge in [-0.05, 0) is 46.0 Å². The molecule has 23 heavy (non-hydrogen) atoms. The third-order valence-corrected chi connectivity index (χ3v) is 5.57. The molecule has 0 radical (unpaired) electrons. The van der Waals surface area contributed by atoms with Crippen molar-refractivity contribution < 1.29 is 17.9 Å². The van der Waals surface area contributed by atoms with Crippen LogP contribution in [0.3, 0.4) is 0 Å². The van der Waals surface area contributed by atoms with Gasteiger partial charge in [0.05, 0.1) is 12.3 Å². The van der Waals surface area contributed by atoms with E-state index in [-0.39, 0.29) is 24.3 Å². The van der Waals surface area contributed by atoms with Crippen molar-refractivity contribution in [2.45, 2.75) is 45.6 Å². The highest BCUT2D eigenvalue weighted by molar-refractivity contribution is 7.89. The minimum Gasteiger partial charge on any atom is -0.444 e. The summed E-state index contributed by atoms with van der Waals surface area (Å²) >= 11 is 0. The van der Waals surface area contributed by atoms with Crippen LogP contribution in [0.1, 0.15) is 40.0 Å². The third kappa shape index (κ3) is 6.80. The lowest BCUT2D eigenvalue weighted by Gasteiger charge is -2.34. The average Bonchev–Trinajstić information content (AvgIpc) is 2.44. The monoisotopic (exact) mass is 344 g/mol. The zero-order valence-electron chi connectivity index (χ0n) is 14.5. The maximum atomic E-state index is 12.1. The summed E-state index contributed by atoms with van der Waals surface area (Å²) in [6, 6.07) is 0. The predicted molar refractivity (Wildman–Crippen MR) is 90.4 cm³/mol. The summed E-state index contributed by atoms with van der Waals surface area (Å²) in [7, 11) is -1.84. The van der Waals surface area contributed by atoms with E-state index in [1.54, 1.807) is 4.90 Å². The minimum absolute atomic E-state index is 0.0536. The van der Waals surface area contributed by atoms with Crippen LogP contribution >= 0.6 is 0 Å². The first-order chi connectivity index (χ1) is 10.5. The van der Waals surface area contributed by atoms with Crippen molar-refractivity contribution in [3.63, 3.8) is 0 Å². The molecular weight excluding hydrogens is 316 g/mol. The van der Waals surface area contributed by atoms with Crippen molar-refractivity contribution in [3.05, 3.63) is 0 Å². The number of terminal acetylenes is 1. The number of likely N-dealkylation sites (tertiary alicyclic amines) is 1. The van der Waals surface area contributed by atoms with Crippen LogP contribution in [0.25, 0.3) is 0 Å². The molecule has 1 atom stereocenters. The second-order valence-electron chi connectivity index (χ2n) is 7.00. The van der Waals surface area contributed by atoms with Gasteiger partial charge in [0.1, 0.15) is 5.60 Å². The van der Waals surface area contributed by atoms with E-state index in [1.807, 2.05) is 20.8 Å². The third-order valence-electron chi connectivity index (χ3n) is 3.74. The van der Waals surface area contributed by atoms with Gasteiger partial charge in [0.15, 0.2) is 0 Å². The van der Waals surface area contributed by atoms with Gasteiger partial charge >= 0.3 is 6.09 Å². The summed E-state index contributed by atoms with van der Waals surface area (Å²) in [4.78, 5) is 13.8. The van der Waals surface area contributed by atoms with Crippen LogP contribution in [0, 0.1) is 18.3 Å². The van der Waals surface area contributed by atoms with Gasteiger partial charge in [-0.3, -0.25) is 0 Å². The Morgan fingerprint density at radius 1 is 1.43 bits per heavy atom. The normalized spacial score (nSPS) is 19.5. The minimum atomic E-state index is -3.33. The lowest BCUT2D eigenvalue weighted by Crippen LogP contribution is -2.43. The summed E-state index contributed by atoms with van der Waals surface area (Å²) in [6.07, 6.45) is 7.14. The van der Waals surface area contributed by atoms with Crippen LogP contribution in [-0.2, 0) is 14.8 Å². The van der Waals surface area contributed by atoms with Crippen LogP contribution in [0.2, 0.25) is 0 Å². The Morgan fingerprint density at radius 2 is 2.09 bits per heavy atom. The van der Waals surface area contributed by atoms with Crippen molar-refractivity contribution in [3.8, 4) is 12.3 Å². The molecule has 0 saturated carbocycles.